The first-order valence-corrected chi connectivity index (χ1v) is 12.8. The van der Waals surface area contributed by atoms with Crippen molar-refractivity contribution in [1.29, 1.82) is 0 Å². The zero-order valence-electron chi connectivity index (χ0n) is 18.4. The zero-order valence-corrected chi connectivity index (χ0v) is 19.3. The maximum Gasteiger partial charge on any atom is 0.243 e. The molecule has 1 N–H and O–H groups in total. The van der Waals surface area contributed by atoms with Crippen molar-refractivity contribution in [2.45, 2.75) is 30.7 Å². The summed E-state index contributed by atoms with van der Waals surface area (Å²) in [4.78, 5) is 17.5. The van der Waals surface area contributed by atoms with Crippen LogP contribution in [0.15, 0.2) is 59.5 Å². The Kier molecular flexibility index (Phi) is 7.57. The Morgan fingerprint density at radius 3 is 2.16 bits per heavy atom. The molecule has 2 aliphatic rings. The van der Waals surface area contributed by atoms with Crippen LogP contribution in [-0.2, 0) is 21.4 Å². The number of benzene rings is 2. The molecule has 2 aromatic rings. The van der Waals surface area contributed by atoms with Gasteiger partial charge in [0.15, 0.2) is 0 Å². The number of sulfonamides is 1. The molecule has 4 rings (SSSR count). The van der Waals surface area contributed by atoms with Crippen LogP contribution in [0.5, 0.6) is 0 Å². The molecule has 2 aliphatic heterocycles. The number of nitrogens with one attached hydrogen (secondary N) is 1. The molecule has 0 radical (unpaired) electrons. The van der Waals surface area contributed by atoms with Crippen LogP contribution >= 0.6 is 0 Å². The lowest BCUT2D eigenvalue weighted by Gasteiger charge is -2.21. The molecule has 8 heteroatoms. The summed E-state index contributed by atoms with van der Waals surface area (Å²) in [6.07, 6.45) is 2.85. The highest BCUT2D eigenvalue weighted by molar-refractivity contribution is 7.89. The first-order valence-electron chi connectivity index (χ1n) is 11.4. The lowest BCUT2D eigenvalue weighted by atomic mass is 10.2. The highest BCUT2D eigenvalue weighted by atomic mass is 32.2. The minimum Gasteiger partial charge on any atom is -0.325 e. The van der Waals surface area contributed by atoms with Gasteiger partial charge in [-0.3, -0.25) is 14.6 Å². The van der Waals surface area contributed by atoms with E-state index in [1.54, 1.807) is 24.3 Å². The van der Waals surface area contributed by atoms with Crippen LogP contribution in [-0.4, -0.2) is 74.2 Å². The third-order valence-corrected chi connectivity index (χ3v) is 8.05. The number of carbonyl (C=O) groups is 1. The van der Waals surface area contributed by atoms with Crippen molar-refractivity contribution in [1.82, 2.24) is 14.1 Å². The van der Waals surface area contributed by atoms with Gasteiger partial charge in [-0.05, 0) is 62.2 Å². The Morgan fingerprint density at radius 2 is 1.44 bits per heavy atom. The van der Waals surface area contributed by atoms with E-state index >= 15 is 0 Å². The minimum absolute atomic E-state index is 0.0725. The highest BCUT2D eigenvalue weighted by Crippen LogP contribution is 2.22. The van der Waals surface area contributed by atoms with E-state index in [9.17, 15) is 13.2 Å². The fourth-order valence-electron chi connectivity index (χ4n) is 4.37. The molecule has 0 bridgehead atoms. The maximum absolute atomic E-state index is 12.6. The van der Waals surface area contributed by atoms with Crippen molar-refractivity contribution in [3.05, 3.63) is 60.2 Å². The third-order valence-electron chi connectivity index (χ3n) is 6.14. The van der Waals surface area contributed by atoms with E-state index < -0.39 is 10.0 Å². The van der Waals surface area contributed by atoms with E-state index in [2.05, 4.69) is 39.4 Å². The van der Waals surface area contributed by atoms with Gasteiger partial charge in [-0.2, -0.15) is 4.31 Å². The summed E-state index contributed by atoms with van der Waals surface area (Å²) in [7, 11) is -3.43. The van der Waals surface area contributed by atoms with Crippen LogP contribution in [0.25, 0.3) is 0 Å². The zero-order chi connectivity index (χ0) is 22.4. The van der Waals surface area contributed by atoms with Gasteiger partial charge in [0.1, 0.15) is 0 Å². The van der Waals surface area contributed by atoms with Crippen LogP contribution < -0.4 is 5.32 Å². The fraction of sp³-hybridized carbons (Fsp3) is 0.458. The van der Waals surface area contributed by atoms with Gasteiger partial charge >= 0.3 is 0 Å². The summed E-state index contributed by atoms with van der Waals surface area (Å²) < 4.78 is 26.8. The third kappa shape index (κ3) is 5.95. The predicted octanol–water partition coefficient (Wildman–Crippen LogP) is 2.62. The van der Waals surface area contributed by atoms with Crippen LogP contribution in [0.4, 0.5) is 5.69 Å². The molecule has 2 heterocycles. The summed E-state index contributed by atoms with van der Waals surface area (Å²) in [5.41, 5.74) is 1.93. The van der Waals surface area contributed by atoms with Gasteiger partial charge in [-0.15, -0.1) is 0 Å². The van der Waals surface area contributed by atoms with Gasteiger partial charge in [0.05, 0.1) is 11.4 Å². The Labute approximate surface area is 191 Å². The maximum atomic E-state index is 12.6. The summed E-state index contributed by atoms with van der Waals surface area (Å²) in [6.45, 7) is 6.16. The Balaban J connectivity index is 1.26. The van der Waals surface area contributed by atoms with E-state index in [0.29, 0.717) is 25.3 Å². The SMILES string of the molecule is O=C(CN1CCCN(Cc2ccccc2)CC1)Nc1ccc(S(=O)(=O)N2CCCC2)cc1. The van der Waals surface area contributed by atoms with E-state index in [0.717, 1.165) is 52.0 Å². The second-order valence-electron chi connectivity index (χ2n) is 8.58. The van der Waals surface area contributed by atoms with Gasteiger partial charge in [0.2, 0.25) is 15.9 Å². The van der Waals surface area contributed by atoms with Gasteiger partial charge < -0.3 is 5.32 Å². The van der Waals surface area contributed by atoms with Crippen molar-refractivity contribution in [2.24, 2.45) is 0 Å². The molecule has 2 aromatic carbocycles. The molecule has 32 heavy (non-hydrogen) atoms. The van der Waals surface area contributed by atoms with Crippen LogP contribution in [0, 0.1) is 0 Å². The highest BCUT2D eigenvalue weighted by Gasteiger charge is 2.27. The molecule has 2 saturated heterocycles. The number of anilines is 1. The molecule has 0 unspecified atom stereocenters. The monoisotopic (exact) mass is 456 g/mol. The van der Waals surface area contributed by atoms with Gasteiger partial charge in [0, 0.05) is 38.4 Å². The summed E-state index contributed by atoms with van der Waals surface area (Å²) >= 11 is 0. The number of nitrogens with zero attached hydrogens (tertiary/aromatic N) is 3. The van der Waals surface area contributed by atoms with Gasteiger partial charge in [-0.1, -0.05) is 30.3 Å². The van der Waals surface area contributed by atoms with Gasteiger partial charge in [0.25, 0.3) is 0 Å². The molecule has 172 valence electrons. The Bertz CT molecular complexity index is 990. The predicted molar refractivity (Wildman–Crippen MR) is 126 cm³/mol. The van der Waals surface area contributed by atoms with Crippen LogP contribution in [0.1, 0.15) is 24.8 Å². The first-order chi connectivity index (χ1) is 15.5. The van der Waals surface area contributed by atoms with Crippen molar-refractivity contribution in [3.63, 3.8) is 0 Å². The number of rotatable bonds is 7. The standard InChI is InChI=1S/C24H32N4O3S/c29-24(20-27-14-6-13-26(17-18-27)19-21-7-2-1-3-8-21)25-22-9-11-23(12-10-22)32(30,31)28-15-4-5-16-28/h1-3,7-12H,4-6,13-20H2,(H,25,29). The molecule has 0 atom stereocenters. The van der Waals surface area contributed by atoms with Crippen molar-refractivity contribution < 1.29 is 13.2 Å². The summed E-state index contributed by atoms with van der Waals surface area (Å²) in [5.74, 6) is -0.0725. The Morgan fingerprint density at radius 1 is 0.781 bits per heavy atom. The molecule has 0 aliphatic carbocycles. The Hall–Kier alpha value is -2.26. The largest absolute Gasteiger partial charge is 0.325 e. The smallest absolute Gasteiger partial charge is 0.243 e. The number of hydrogen-bond donors (Lipinski definition) is 1. The quantitative estimate of drug-likeness (QED) is 0.693. The lowest BCUT2D eigenvalue weighted by molar-refractivity contribution is -0.117. The second kappa shape index (κ2) is 10.6. The molecule has 0 aromatic heterocycles. The molecular formula is C24H32N4O3S. The van der Waals surface area contributed by atoms with E-state index in [-0.39, 0.29) is 10.8 Å². The minimum atomic E-state index is -3.43. The summed E-state index contributed by atoms with van der Waals surface area (Å²) in [6, 6.07) is 17.0. The van der Waals surface area contributed by atoms with Crippen LogP contribution in [0.2, 0.25) is 0 Å². The normalized spacial score (nSPS) is 19.0. The van der Waals surface area contributed by atoms with Crippen LogP contribution in [0.3, 0.4) is 0 Å². The number of hydrogen-bond acceptors (Lipinski definition) is 5. The van der Waals surface area contributed by atoms with Gasteiger partial charge in [-0.25, -0.2) is 8.42 Å². The van der Waals surface area contributed by atoms with Crippen molar-refractivity contribution in [3.8, 4) is 0 Å². The molecule has 1 amide bonds. The molecule has 0 saturated carbocycles. The average molecular weight is 457 g/mol. The molecular weight excluding hydrogens is 424 g/mol. The molecule has 7 nitrogen and oxygen atoms in total. The van der Waals surface area contributed by atoms with E-state index in [1.807, 2.05) is 6.07 Å². The lowest BCUT2D eigenvalue weighted by Crippen LogP contribution is -2.36. The topological polar surface area (TPSA) is 73.0 Å². The fourth-order valence-corrected chi connectivity index (χ4v) is 5.89. The number of carbonyl (C=O) groups excluding carboxylic acids is 1. The first kappa shape index (κ1) is 22.9. The van der Waals surface area contributed by atoms with E-state index in [1.165, 1.54) is 9.87 Å². The molecule has 2 fully saturated rings. The van der Waals surface area contributed by atoms with Crippen molar-refractivity contribution >= 4 is 21.6 Å². The van der Waals surface area contributed by atoms with Crippen molar-refractivity contribution in [2.75, 3.05) is 51.1 Å². The van der Waals surface area contributed by atoms with E-state index in [4.69, 9.17) is 0 Å². The average Bonchev–Trinajstić information content (AvgIpc) is 3.26. The number of amides is 1. The molecule has 0 spiro atoms. The summed E-state index contributed by atoms with van der Waals surface area (Å²) in [5, 5.41) is 2.91. The second-order valence-corrected chi connectivity index (χ2v) is 10.5.